The molecule has 0 fully saturated rings. The number of aryl methyl sites for hydroxylation is 1. The molecule has 0 saturated heterocycles. The lowest BCUT2D eigenvalue weighted by molar-refractivity contribution is 0.0602. The molecule has 2 aromatic rings. The average Bonchev–Trinajstić information content (AvgIpc) is 2.77. The fraction of sp³-hybridized carbons (Fsp3) is 0.167. The van der Waals surface area contributed by atoms with E-state index in [1.807, 2.05) is 0 Å². The first-order valence-corrected chi connectivity index (χ1v) is 5.45. The maximum atomic E-state index is 13.8. The van der Waals surface area contributed by atoms with Crippen LogP contribution in [-0.2, 0) is 11.8 Å². The summed E-state index contributed by atoms with van der Waals surface area (Å²) in [5.74, 6) is -0.737. The third kappa shape index (κ3) is 2.65. The van der Waals surface area contributed by atoms with E-state index >= 15 is 0 Å². The molecule has 0 aliphatic rings. The number of halogens is 1. The molecule has 19 heavy (non-hydrogen) atoms. The topological polar surface area (TPSA) is 82.2 Å². The second-order valence-electron chi connectivity index (χ2n) is 3.91. The molecule has 7 heteroatoms. The zero-order chi connectivity index (χ0) is 14.0. The van der Waals surface area contributed by atoms with Gasteiger partial charge in [-0.1, -0.05) is 0 Å². The molecule has 0 bridgehead atoms. The Morgan fingerprint density at radius 3 is 2.84 bits per heavy atom. The third-order valence-electron chi connectivity index (χ3n) is 2.52. The van der Waals surface area contributed by atoms with E-state index in [0.717, 1.165) is 6.07 Å². The fourth-order valence-electron chi connectivity index (χ4n) is 1.59. The van der Waals surface area contributed by atoms with Crippen LogP contribution in [0.3, 0.4) is 0 Å². The Hall–Kier alpha value is -2.57. The number of ether oxygens (including phenoxy) is 1. The molecule has 1 aromatic heterocycles. The van der Waals surface area contributed by atoms with Crippen LogP contribution in [0.25, 0.3) is 0 Å². The number of nitrogens with zero attached hydrogens (tertiary/aromatic N) is 2. The standard InChI is InChI=1S/C12H13FN4O2/c1-17-4-3-11(16-17)15-10-5-7(12(18)19-2)9(14)6-8(10)13/h3-6H,14H2,1-2H3,(H,15,16). The van der Waals surface area contributed by atoms with Gasteiger partial charge in [-0.15, -0.1) is 0 Å². The summed E-state index contributed by atoms with van der Waals surface area (Å²) in [6, 6.07) is 4.04. The summed E-state index contributed by atoms with van der Waals surface area (Å²) in [6.07, 6.45) is 1.71. The van der Waals surface area contributed by atoms with Gasteiger partial charge in [0.15, 0.2) is 5.82 Å². The molecule has 0 amide bonds. The minimum Gasteiger partial charge on any atom is -0.465 e. The van der Waals surface area contributed by atoms with E-state index in [4.69, 9.17) is 5.73 Å². The van der Waals surface area contributed by atoms with Crippen LogP contribution in [0.5, 0.6) is 0 Å². The van der Waals surface area contributed by atoms with E-state index in [9.17, 15) is 9.18 Å². The van der Waals surface area contributed by atoms with Crippen molar-refractivity contribution in [3.05, 3.63) is 35.8 Å². The number of carbonyl (C=O) groups excluding carboxylic acids is 1. The van der Waals surface area contributed by atoms with Gasteiger partial charge in [0.25, 0.3) is 0 Å². The van der Waals surface area contributed by atoms with Gasteiger partial charge in [0, 0.05) is 25.0 Å². The zero-order valence-electron chi connectivity index (χ0n) is 10.5. The smallest absolute Gasteiger partial charge is 0.340 e. The molecule has 2 rings (SSSR count). The lowest BCUT2D eigenvalue weighted by Crippen LogP contribution is -2.08. The maximum absolute atomic E-state index is 13.8. The summed E-state index contributed by atoms with van der Waals surface area (Å²) in [5, 5.41) is 6.82. The third-order valence-corrected chi connectivity index (χ3v) is 2.52. The van der Waals surface area contributed by atoms with E-state index in [0.29, 0.717) is 5.82 Å². The van der Waals surface area contributed by atoms with Crippen molar-refractivity contribution in [2.24, 2.45) is 7.05 Å². The molecular weight excluding hydrogens is 251 g/mol. The van der Waals surface area contributed by atoms with Crippen molar-refractivity contribution < 1.29 is 13.9 Å². The number of anilines is 3. The van der Waals surface area contributed by atoms with Gasteiger partial charge in [-0.2, -0.15) is 5.10 Å². The Kier molecular flexibility index (Phi) is 3.37. The molecule has 100 valence electrons. The van der Waals surface area contributed by atoms with E-state index < -0.39 is 11.8 Å². The van der Waals surface area contributed by atoms with Crippen LogP contribution >= 0.6 is 0 Å². The Bertz CT molecular complexity index is 624. The minimum atomic E-state index is -0.624. The predicted molar refractivity (Wildman–Crippen MR) is 68.6 cm³/mol. The van der Waals surface area contributed by atoms with Gasteiger partial charge in [0.05, 0.1) is 18.4 Å². The number of carbonyl (C=O) groups is 1. The molecule has 0 aliphatic carbocycles. The quantitative estimate of drug-likeness (QED) is 0.651. The summed E-state index contributed by atoms with van der Waals surface area (Å²) in [4.78, 5) is 11.5. The van der Waals surface area contributed by atoms with Crippen LogP contribution in [0, 0.1) is 5.82 Å². The number of aromatic nitrogens is 2. The van der Waals surface area contributed by atoms with Gasteiger partial charge in [-0.25, -0.2) is 9.18 Å². The van der Waals surface area contributed by atoms with Crippen molar-refractivity contribution in [2.75, 3.05) is 18.2 Å². The van der Waals surface area contributed by atoms with Gasteiger partial charge in [-0.3, -0.25) is 4.68 Å². The van der Waals surface area contributed by atoms with Crippen LogP contribution in [0.1, 0.15) is 10.4 Å². The summed E-state index contributed by atoms with van der Waals surface area (Å²) in [6.45, 7) is 0. The molecule has 1 aromatic carbocycles. The molecule has 0 aliphatic heterocycles. The van der Waals surface area contributed by atoms with Crippen molar-refractivity contribution >= 4 is 23.2 Å². The first kappa shape index (κ1) is 12.9. The van der Waals surface area contributed by atoms with Crippen molar-refractivity contribution in [3.63, 3.8) is 0 Å². The molecule has 0 saturated carbocycles. The minimum absolute atomic E-state index is 0.0240. The molecule has 3 N–H and O–H groups in total. The largest absolute Gasteiger partial charge is 0.465 e. The number of nitrogen functional groups attached to an aromatic ring is 1. The molecule has 0 radical (unpaired) electrons. The van der Waals surface area contributed by atoms with Crippen molar-refractivity contribution in [1.29, 1.82) is 0 Å². The van der Waals surface area contributed by atoms with Gasteiger partial charge in [0.2, 0.25) is 0 Å². The monoisotopic (exact) mass is 264 g/mol. The highest BCUT2D eigenvalue weighted by Gasteiger charge is 2.15. The second kappa shape index (κ2) is 4.97. The number of hydrogen-bond donors (Lipinski definition) is 2. The summed E-state index contributed by atoms with van der Waals surface area (Å²) in [5.41, 5.74) is 5.80. The Balaban J connectivity index is 2.37. The van der Waals surface area contributed by atoms with Gasteiger partial charge in [0.1, 0.15) is 5.82 Å². The summed E-state index contributed by atoms with van der Waals surface area (Å²) >= 11 is 0. The molecule has 0 spiro atoms. The summed E-state index contributed by atoms with van der Waals surface area (Å²) < 4.78 is 19.9. The summed E-state index contributed by atoms with van der Waals surface area (Å²) in [7, 11) is 2.97. The van der Waals surface area contributed by atoms with Crippen LogP contribution in [0.2, 0.25) is 0 Å². The van der Waals surface area contributed by atoms with Gasteiger partial charge < -0.3 is 15.8 Å². The Labute approximate surface area is 109 Å². The van der Waals surface area contributed by atoms with E-state index in [2.05, 4.69) is 15.2 Å². The van der Waals surface area contributed by atoms with Crippen molar-refractivity contribution in [1.82, 2.24) is 9.78 Å². The molecule has 1 heterocycles. The highest BCUT2D eigenvalue weighted by Crippen LogP contribution is 2.25. The number of esters is 1. The van der Waals surface area contributed by atoms with Crippen LogP contribution in [0.15, 0.2) is 24.4 Å². The van der Waals surface area contributed by atoms with Gasteiger partial charge in [-0.05, 0) is 12.1 Å². The number of hydrogen-bond acceptors (Lipinski definition) is 5. The highest BCUT2D eigenvalue weighted by molar-refractivity contribution is 5.96. The lowest BCUT2D eigenvalue weighted by Gasteiger charge is -2.09. The van der Waals surface area contributed by atoms with Crippen LogP contribution in [-0.4, -0.2) is 22.9 Å². The number of nitrogens with two attached hydrogens (primary N) is 1. The number of nitrogens with one attached hydrogen (secondary N) is 1. The first-order valence-electron chi connectivity index (χ1n) is 5.45. The predicted octanol–water partition coefficient (Wildman–Crippen LogP) is 1.67. The Morgan fingerprint density at radius 1 is 1.53 bits per heavy atom. The Morgan fingerprint density at radius 2 is 2.26 bits per heavy atom. The van der Waals surface area contributed by atoms with E-state index in [1.165, 1.54) is 13.2 Å². The lowest BCUT2D eigenvalue weighted by atomic mass is 10.1. The number of rotatable bonds is 3. The van der Waals surface area contributed by atoms with E-state index in [1.54, 1.807) is 24.0 Å². The van der Waals surface area contributed by atoms with Crippen molar-refractivity contribution in [2.45, 2.75) is 0 Å². The van der Waals surface area contributed by atoms with Crippen LogP contribution < -0.4 is 11.1 Å². The highest BCUT2D eigenvalue weighted by atomic mass is 19.1. The number of methoxy groups -OCH3 is 1. The molecule has 6 nitrogen and oxygen atoms in total. The SMILES string of the molecule is COC(=O)c1cc(Nc2ccn(C)n2)c(F)cc1N. The maximum Gasteiger partial charge on any atom is 0.340 e. The van der Waals surface area contributed by atoms with Gasteiger partial charge >= 0.3 is 5.97 Å². The van der Waals surface area contributed by atoms with Crippen LogP contribution in [0.4, 0.5) is 21.6 Å². The second-order valence-corrected chi connectivity index (χ2v) is 3.91. The average molecular weight is 264 g/mol. The molecule has 0 atom stereocenters. The molecule has 0 unspecified atom stereocenters. The number of benzene rings is 1. The fourth-order valence-corrected chi connectivity index (χ4v) is 1.59. The van der Waals surface area contributed by atoms with E-state index in [-0.39, 0.29) is 16.9 Å². The zero-order valence-corrected chi connectivity index (χ0v) is 10.5. The first-order chi connectivity index (χ1) is 9.01. The van der Waals surface area contributed by atoms with Crippen molar-refractivity contribution in [3.8, 4) is 0 Å². The molecular formula is C12H13FN4O2. The normalized spacial score (nSPS) is 10.3.